The van der Waals surface area contributed by atoms with Crippen LogP contribution in [0.3, 0.4) is 0 Å². The fourth-order valence-corrected chi connectivity index (χ4v) is 6.47. The number of guanidine groups is 1. The van der Waals surface area contributed by atoms with Gasteiger partial charge in [0, 0.05) is 6.42 Å². The standard InChI is InChI=1S/C23H29Cl3N6O4SSi/c1-23(2,3)38(4,5)36-20-16(29-22(28)32(13-27)17-8-6-7-14(24)19(17)26)10-9-15(25)21(20)37(33,34)31-18-11-12-35-30-18/h6-10,18,30-31H,11-12H2,1-5H3,(H2,28,29). The predicted octanol–water partition coefficient (Wildman–Crippen LogP) is 5.49. The number of sulfonamides is 1. The molecule has 1 unspecified atom stereocenters. The van der Waals surface area contributed by atoms with Crippen molar-refractivity contribution in [2.45, 2.75) is 56.4 Å². The topological polar surface area (TPSA) is 142 Å². The molecule has 2 aromatic rings. The highest BCUT2D eigenvalue weighted by molar-refractivity contribution is 7.89. The Morgan fingerprint density at radius 2 is 1.95 bits per heavy atom. The molecule has 1 aliphatic heterocycles. The number of rotatable bonds is 7. The van der Waals surface area contributed by atoms with Crippen LogP contribution in [0.2, 0.25) is 33.2 Å². The highest BCUT2D eigenvalue weighted by Gasteiger charge is 2.41. The van der Waals surface area contributed by atoms with E-state index in [4.69, 9.17) is 49.8 Å². The van der Waals surface area contributed by atoms with E-state index in [0.717, 1.165) is 4.90 Å². The monoisotopic (exact) mass is 618 g/mol. The number of halogens is 3. The molecule has 10 nitrogen and oxygen atoms in total. The molecule has 4 N–H and O–H groups in total. The van der Waals surface area contributed by atoms with Crippen LogP contribution >= 0.6 is 34.8 Å². The zero-order valence-electron chi connectivity index (χ0n) is 21.5. The van der Waals surface area contributed by atoms with E-state index in [2.05, 4.69) is 15.2 Å². The summed E-state index contributed by atoms with van der Waals surface area (Å²) in [7, 11) is -6.87. The molecule has 0 saturated carbocycles. The summed E-state index contributed by atoms with van der Waals surface area (Å²) in [6.07, 6.45) is 1.68. The van der Waals surface area contributed by atoms with Gasteiger partial charge in [0.05, 0.1) is 33.5 Å². The van der Waals surface area contributed by atoms with Crippen LogP contribution in [-0.2, 0) is 14.9 Å². The van der Waals surface area contributed by atoms with Crippen LogP contribution in [-0.4, -0.2) is 35.5 Å². The molecule has 0 spiro atoms. The van der Waals surface area contributed by atoms with Crippen molar-refractivity contribution in [2.75, 3.05) is 11.5 Å². The van der Waals surface area contributed by atoms with Crippen LogP contribution in [0.4, 0.5) is 11.4 Å². The molecule has 0 radical (unpaired) electrons. The van der Waals surface area contributed by atoms with Crippen LogP contribution < -0.4 is 25.3 Å². The minimum absolute atomic E-state index is 0.0612. The number of hydroxylamine groups is 1. The molecule has 1 aliphatic rings. The number of hydrogen-bond donors (Lipinski definition) is 3. The molecular formula is C23H29Cl3N6O4SSi. The van der Waals surface area contributed by atoms with Crippen molar-refractivity contribution in [3.8, 4) is 11.9 Å². The Balaban J connectivity index is 2.22. The Hall–Kier alpha value is -2.08. The van der Waals surface area contributed by atoms with Crippen LogP contribution in [0.15, 0.2) is 40.2 Å². The average Bonchev–Trinajstić information content (AvgIpc) is 3.30. The molecule has 0 aliphatic carbocycles. The van der Waals surface area contributed by atoms with Crippen LogP contribution in [0, 0.1) is 11.5 Å². The van der Waals surface area contributed by atoms with Crippen LogP contribution in [0.25, 0.3) is 0 Å². The summed E-state index contributed by atoms with van der Waals surface area (Å²) in [5.41, 5.74) is 9.12. The van der Waals surface area contributed by atoms with Crippen molar-refractivity contribution in [1.29, 1.82) is 5.26 Å². The SMILES string of the molecule is CC(C)(C)[Si](C)(C)Oc1c(N=C(N)N(C#N)c2cccc(Cl)c2Cl)ccc(Cl)c1S(=O)(=O)NC1CCON1. The first kappa shape index (κ1) is 30.5. The number of nitrogens with two attached hydrogens (primary N) is 1. The Kier molecular flexibility index (Phi) is 9.27. The number of hydrogen-bond acceptors (Lipinski definition) is 7. The van der Waals surface area contributed by atoms with Gasteiger partial charge in [0.2, 0.25) is 16.0 Å². The lowest BCUT2D eigenvalue weighted by Crippen LogP contribution is -2.45. The lowest BCUT2D eigenvalue weighted by Gasteiger charge is -2.37. The van der Waals surface area contributed by atoms with Crippen LogP contribution in [0.5, 0.6) is 5.75 Å². The summed E-state index contributed by atoms with van der Waals surface area (Å²) in [5.74, 6) is -0.366. The van der Waals surface area contributed by atoms with E-state index in [1.807, 2.05) is 40.1 Å². The second kappa shape index (κ2) is 11.6. The lowest BCUT2D eigenvalue weighted by atomic mass is 10.2. The van der Waals surface area contributed by atoms with Gasteiger partial charge in [-0.3, -0.25) is 0 Å². The van der Waals surface area contributed by atoms with Crippen LogP contribution in [0.1, 0.15) is 27.2 Å². The number of nitrogens with zero attached hydrogens (tertiary/aromatic N) is 3. The first-order valence-corrected chi connectivity index (χ1v) is 17.0. The van der Waals surface area contributed by atoms with Gasteiger partial charge in [-0.25, -0.2) is 18.3 Å². The summed E-state index contributed by atoms with van der Waals surface area (Å²) < 4.78 is 36.2. The molecule has 3 rings (SSSR count). The molecule has 1 fully saturated rings. The number of benzene rings is 2. The highest BCUT2D eigenvalue weighted by Crippen LogP contribution is 2.45. The Labute approximate surface area is 238 Å². The molecule has 0 aromatic heterocycles. The third-order valence-corrected chi connectivity index (χ3v) is 13.3. The molecule has 15 heteroatoms. The fourth-order valence-electron chi connectivity index (χ4n) is 3.17. The fraction of sp³-hybridized carbons (Fsp3) is 0.391. The van der Waals surface area contributed by atoms with Gasteiger partial charge in [-0.2, -0.15) is 15.5 Å². The Morgan fingerprint density at radius 1 is 1.26 bits per heavy atom. The quantitative estimate of drug-likeness (QED) is 0.121. The zero-order chi connectivity index (χ0) is 28.5. The molecule has 38 heavy (non-hydrogen) atoms. The van der Waals surface area contributed by atoms with Crippen molar-refractivity contribution in [3.05, 3.63) is 45.4 Å². The van der Waals surface area contributed by atoms with E-state index >= 15 is 0 Å². The smallest absolute Gasteiger partial charge is 0.250 e. The summed E-state index contributed by atoms with van der Waals surface area (Å²) >= 11 is 18.9. The molecule has 1 atom stereocenters. The number of nitrogens with one attached hydrogen (secondary N) is 2. The number of aliphatic imine (C=N–C) groups is 1. The molecule has 1 saturated heterocycles. The first-order chi connectivity index (χ1) is 17.6. The van der Waals surface area contributed by atoms with E-state index < -0.39 is 24.5 Å². The highest BCUT2D eigenvalue weighted by atomic mass is 35.5. The lowest BCUT2D eigenvalue weighted by molar-refractivity contribution is 0.0866. The van der Waals surface area contributed by atoms with Gasteiger partial charge in [-0.1, -0.05) is 61.6 Å². The van der Waals surface area contributed by atoms with E-state index in [1.54, 1.807) is 18.2 Å². The summed E-state index contributed by atoms with van der Waals surface area (Å²) in [6.45, 7) is 10.3. The second-order valence-corrected chi connectivity index (χ2v) is 17.6. The Morgan fingerprint density at radius 3 is 2.53 bits per heavy atom. The zero-order valence-corrected chi connectivity index (χ0v) is 25.6. The summed E-state index contributed by atoms with van der Waals surface area (Å²) in [6, 6.07) is 7.57. The van der Waals surface area contributed by atoms with Gasteiger partial charge in [-0.05, 0) is 42.4 Å². The van der Waals surface area contributed by atoms with Crippen molar-refractivity contribution in [1.82, 2.24) is 10.2 Å². The minimum Gasteiger partial charge on any atom is -0.541 e. The van der Waals surface area contributed by atoms with E-state index in [-0.39, 0.29) is 48.1 Å². The molecule has 206 valence electrons. The summed E-state index contributed by atoms with van der Waals surface area (Å²) in [4.78, 5) is 10.1. The molecule has 0 amide bonds. The first-order valence-electron chi connectivity index (χ1n) is 11.5. The van der Waals surface area contributed by atoms with E-state index in [1.165, 1.54) is 12.1 Å². The normalized spacial score (nSPS) is 16.8. The van der Waals surface area contributed by atoms with Gasteiger partial charge in [0.25, 0.3) is 8.32 Å². The van der Waals surface area contributed by atoms with Gasteiger partial charge in [0.15, 0.2) is 11.9 Å². The molecular weight excluding hydrogens is 591 g/mol. The van der Waals surface area contributed by atoms with Crippen molar-refractivity contribution < 1.29 is 17.7 Å². The molecule has 1 heterocycles. The molecule has 2 aromatic carbocycles. The maximum absolute atomic E-state index is 13.6. The maximum atomic E-state index is 13.6. The third kappa shape index (κ3) is 6.55. The van der Waals surface area contributed by atoms with Crippen molar-refractivity contribution >= 4 is 70.5 Å². The van der Waals surface area contributed by atoms with Gasteiger partial charge < -0.3 is 15.0 Å². The number of nitriles is 1. The summed E-state index contributed by atoms with van der Waals surface area (Å²) in [5, 5.41) is 9.78. The number of anilines is 1. The average molecular weight is 620 g/mol. The van der Waals surface area contributed by atoms with Crippen molar-refractivity contribution in [3.63, 3.8) is 0 Å². The third-order valence-electron chi connectivity index (χ3n) is 6.24. The maximum Gasteiger partial charge on any atom is 0.250 e. The Bertz CT molecular complexity index is 1390. The van der Waals surface area contributed by atoms with Gasteiger partial charge in [-0.15, -0.1) is 0 Å². The predicted molar refractivity (Wildman–Crippen MR) is 153 cm³/mol. The van der Waals surface area contributed by atoms with Gasteiger partial charge in [0.1, 0.15) is 10.6 Å². The largest absolute Gasteiger partial charge is 0.541 e. The van der Waals surface area contributed by atoms with E-state index in [0.29, 0.717) is 13.0 Å². The molecule has 0 bridgehead atoms. The minimum atomic E-state index is -4.23. The van der Waals surface area contributed by atoms with E-state index in [9.17, 15) is 13.7 Å². The van der Waals surface area contributed by atoms with Crippen molar-refractivity contribution in [2.24, 2.45) is 10.7 Å². The van der Waals surface area contributed by atoms with Gasteiger partial charge >= 0.3 is 0 Å². The second-order valence-electron chi connectivity index (χ2n) is 9.99.